The Hall–Kier alpha value is -1.23. The predicted octanol–water partition coefficient (Wildman–Crippen LogP) is 3.73. The van der Waals surface area contributed by atoms with Crippen molar-refractivity contribution in [2.24, 2.45) is 0 Å². The first-order valence-corrected chi connectivity index (χ1v) is 8.89. The molecule has 1 aromatic rings. The average Bonchev–Trinajstić information content (AvgIpc) is 2.40. The summed E-state index contributed by atoms with van der Waals surface area (Å²) in [5.41, 5.74) is 6.12. The molecule has 0 radical (unpaired) electrons. The molecule has 0 atom stereocenters. The molecule has 0 aliphatic heterocycles. The number of hydrogen-bond donors (Lipinski definition) is 1. The van der Waals surface area contributed by atoms with Crippen LogP contribution in [0.15, 0.2) is 24.3 Å². The third-order valence-electron chi connectivity index (χ3n) is 3.10. The number of hydrogen-bond acceptors (Lipinski definition) is 4. The molecule has 2 N–H and O–H groups in total. The van der Waals surface area contributed by atoms with Gasteiger partial charge >= 0.3 is 10.1 Å². The lowest BCUT2D eigenvalue weighted by molar-refractivity contribution is 0.481. The van der Waals surface area contributed by atoms with Gasteiger partial charge in [0.1, 0.15) is 5.75 Å². The van der Waals surface area contributed by atoms with Gasteiger partial charge in [-0.1, -0.05) is 45.4 Å². The van der Waals surface area contributed by atoms with Crippen LogP contribution in [0.3, 0.4) is 0 Å². The zero-order chi connectivity index (χ0) is 14.8. The molecule has 1 aromatic carbocycles. The largest absolute Gasteiger partial charge is 0.399 e. The zero-order valence-electron chi connectivity index (χ0n) is 12.2. The van der Waals surface area contributed by atoms with Gasteiger partial charge in [0, 0.05) is 5.69 Å². The molecule has 5 heteroatoms. The molecule has 0 saturated carbocycles. The first-order chi connectivity index (χ1) is 9.53. The molecule has 114 valence electrons. The van der Waals surface area contributed by atoms with Crippen LogP contribution in [0.1, 0.15) is 51.9 Å². The van der Waals surface area contributed by atoms with E-state index in [0.717, 1.165) is 12.8 Å². The van der Waals surface area contributed by atoms with Gasteiger partial charge in [-0.2, -0.15) is 8.42 Å². The molecule has 0 saturated heterocycles. The molecule has 0 unspecified atom stereocenters. The van der Waals surface area contributed by atoms with E-state index in [1.165, 1.54) is 25.7 Å². The normalized spacial score (nSPS) is 11.4. The summed E-state index contributed by atoms with van der Waals surface area (Å²) in [5, 5.41) is 0. The Labute approximate surface area is 122 Å². The van der Waals surface area contributed by atoms with Crippen molar-refractivity contribution in [1.29, 1.82) is 0 Å². The summed E-state index contributed by atoms with van der Waals surface area (Å²) >= 11 is 0. The molecule has 0 aliphatic rings. The summed E-state index contributed by atoms with van der Waals surface area (Å²) in [6, 6.07) is 6.38. The Balaban J connectivity index is 2.23. The van der Waals surface area contributed by atoms with E-state index >= 15 is 0 Å². The summed E-state index contributed by atoms with van der Waals surface area (Å²) < 4.78 is 28.6. The minimum atomic E-state index is -3.49. The molecule has 0 bridgehead atoms. The van der Waals surface area contributed by atoms with Crippen molar-refractivity contribution in [2.75, 3.05) is 11.5 Å². The second kappa shape index (κ2) is 8.84. The van der Waals surface area contributed by atoms with Crippen LogP contribution in [-0.4, -0.2) is 14.2 Å². The first kappa shape index (κ1) is 16.8. The summed E-state index contributed by atoms with van der Waals surface area (Å²) in [7, 11) is -3.49. The summed E-state index contributed by atoms with van der Waals surface area (Å²) in [6.07, 6.45) is 7.61. The fourth-order valence-electron chi connectivity index (χ4n) is 1.95. The molecule has 1 rings (SSSR count). The molecule has 0 fully saturated rings. The van der Waals surface area contributed by atoms with Gasteiger partial charge in [-0.25, -0.2) is 0 Å². The van der Waals surface area contributed by atoms with Gasteiger partial charge in [0.05, 0.1) is 5.75 Å². The predicted molar refractivity (Wildman–Crippen MR) is 83.3 cm³/mol. The Morgan fingerprint density at radius 1 is 0.950 bits per heavy atom. The SMILES string of the molecule is CCCCCCCCCS(=O)(=O)Oc1ccc(N)cc1. The van der Waals surface area contributed by atoms with Crippen LogP contribution in [0.2, 0.25) is 0 Å². The van der Waals surface area contributed by atoms with E-state index in [2.05, 4.69) is 6.92 Å². The van der Waals surface area contributed by atoms with Gasteiger partial charge in [-0.3, -0.25) is 0 Å². The lowest BCUT2D eigenvalue weighted by Crippen LogP contribution is -2.13. The van der Waals surface area contributed by atoms with Crippen LogP contribution < -0.4 is 9.92 Å². The molecule has 0 heterocycles. The zero-order valence-corrected chi connectivity index (χ0v) is 13.0. The minimum absolute atomic E-state index is 0.0746. The second-order valence-corrected chi connectivity index (χ2v) is 6.73. The highest BCUT2D eigenvalue weighted by atomic mass is 32.2. The topological polar surface area (TPSA) is 69.4 Å². The molecular formula is C15H25NO3S. The number of benzene rings is 1. The molecule has 0 aliphatic carbocycles. The van der Waals surface area contributed by atoms with Gasteiger partial charge < -0.3 is 9.92 Å². The van der Waals surface area contributed by atoms with Gasteiger partial charge in [0.2, 0.25) is 0 Å². The number of rotatable bonds is 10. The molecular weight excluding hydrogens is 274 g/mol. The highest BCUT2D eigenvalue weighted by Crippen LogP contribution is 2.16. The van der Waals surface area contributed by atoms with Crippen molar-refractivity contribution in [2.45, 2.75) is 51.9 Å². The maximum absolute atomic E-state index is 11.8. The highest BCUT2D eigenvalue weighted by Gasteiger charge is 2.12. The van der Waals surface area contributed by atoms with Crippen LogP contribution in [0, 0.1) is 0 Å². The Morgan fingerprint density at radius 3 is 2.10 bits per heavy atom. The average molecular weight is 299 g/mol. The molecule has 0 spiro atoms. The fraction of sp³-hybridized carbons (Fsp3) is 0.600. The van der Waals surface area contributed by atoms with Crippen LogP contribution in [0.25, 0.3) is 0 Å². The van der Waals surface area contributed by atoms with Crippen LogP contribution in [-0.2, 0) is 10.1 Å². The number of anilines is 1. The molecule has 0 amide bonds. The minimum Gasteiger partial charge on any atom is -0.399 e. The lowest BCUT2D eigenvalue weighted by atomic mass is 10.1. The van der Waals surface area contributed by atoms with Crippen molar-refractivity contribution >= 4 is 15.8 Å². The quantitative estimate of drug-likeness (QED) is 0.406. The van der Waals surface area contributed by atoms with E-state index in [4.69, 9.17) is 9.92 Å². The third-order valence-corrected chi connectivity index (χ3v) is 4.34. The standard InChI is InChI=1S/C15H25NO3S/c1-2-3-4-5-6-7-8-13-20(17,18)19-15-11-9-14(16)10-12-15/h9-12H,2-8,13,16H2,1H3. The Morgan fingerprint density at radius 2 is 1.50 bits per heavy atom. The third kappa shape index (κ3) is 7.38. The molecule has 20 heavy (non-hydrogen) atoms. The van der Waals surface area contributed by atoms with Crippen molar-refractivity contribution in [3.05, 3.63) is 24.3 Å². The van der Waals surface area contributed by atoms with Crippen molar-refractivity contribution in [1.82, 2.24) is 0 Å². The summed E-state index contributed by atoms with van der Waals surface area (Å²) in [6.45, 7) is 2.18. The van der Waals surface area contributed by atoms with E-state index in [-0.39, 0.29) is 5.75 Å². The van der Waals surface area contributed by atoms with Crippen molar-refractivity contribution < 1.29 is 12.6 Å². The maximum Gasteiger partial charge on any atom is 0.309 e. The van der Waals surface area contributed by atoms with E-state index in [0.29, 0.717) is 17.9 Å². The van der Waals surface area contributed by atoms with Gasteiger partial charge in [0.15, 0.2) is 0 Å². The van der Waals surface area contributed by atoms with E-state index < -0.39 is 10.1 Å². The van der Waals surface area contributed by atoms with Gasteiger partial charge in [0.25, 0.3) is 0 Å². The van der Waals surface area contributed by atoms with Crippen LogP contribution in [0.4, 0.5) is 5.69 Å². The van der Waals surface area contributed by atoms with E-state index in [9.17, 15) is 8.42 Å². The van der Waals surface area contributed by atoms with Crippen LogP contribution in [0.5, 0.6) is 5.75 Å². The fourth-order valence-corrected chi connectivity index (χ4v) is 2.99. The Kier molecular flexibility index (Phi) is 7.44. The van der Waals surface area contributed by atoms with Gasteiger partial charge in [-0.05, 0) is 30.7 Å². The lowest BCUT2D eigenvalue weighted by Gasteiger charge is -2.07. The number of nitrogens with two attached hydrogens (primary N) is 1. The number of nitrogen functional groups attached to an aromatic ring is 1. The van der Waals surface area contributed by atoms with Crippen LogP contribution >= 0.6 is 0 Å². The van der Waals surface area contributed by atoms with Crippen molar-refractivity contribution in [3.63, 3.8) is 0 Å². The van der Waals surface area contributed by atoms with E-state index in [1.807, 2.05) is 0 Å². The van der Waals surface area contributed by atoms with Crippen molar-refractivity contribution in [3.8, 4) is 5.75 Å². The first-order valence-electron chi connectivity index (χ1n) is 7.31. The second-order valence-electron chi connectivity index (χ2n) is 5.04. The summed E-state index contributed by atoms with van der Waals surface area (Å²) in [5.74, 6) is 0.396. The van der Waals surface area contributed by atoms with Gasteiger partial charge in [-0.15, -0.1) is 0 Å². The summed E-state index contributed by atoms with van der Waals surface area (Å²) in [4.78, 5) is 0. The number of unbranched alkanes of at least 4 members (excludes halogenated alkanes) is 6. The smallest absolute Gasteiger partial charge is 0.309 e. The monoisotopic (exact) mass is 299 g/mol. The molecule has 4 nitrogen and oxygen atoms in total. The van der Waals surface area contributed by atoms with E-state index in [1.54, 1.807) is 24.3 Å². The highest BCUT2D eigenvalue weighted by molar-refractivity contribution is 7.87. The molecule has 0 aromatic heterocycles. The maximum atomic E-state index is 11.8. The Bertz CT molecular complexity index is 468.